The van der Waals surface area contributed by atoms with Gasteiger partial charge in [0.25, 0.3) is 0 Å². The van der Waals surface area contributed by atoms with Gasteiger partial charge in [-0.3, -0.25) is 0 Å². The van der Waals surface area contributed by atoms with Crippen molar-refractivity contribution < 1.29 is 17.2 Å². The molecule has 3 rings (SSSR count). The summed E-state index contributed by atoms with van der Waals surface area (Å²) < 4.78 is 53.9. The van der Waals surface area contributed by atoms with Crippen molar-refractivity contribution in [1.29, 1.82) is 0 Å². The predicted molar refractivity (Wildman–Crippen MR) is 97.4 cm³/mol. The van der Waals surface area contributed by atoms with Crippen LogP contribution < -0.4 is 4.72 Å². The Morgan fingerprint density at radius 2 is 1.85 bits per heavy atom. The van der Waals surface area contributed by atoms with Crippen molar-refractivity contribution in [2.24, 2.45) is 0 Å². The zero-order valence-electron chi connectivity index (χ0n) is 14.1. The highest BCUT2D eigenvalue weighted by Gasteiger charge is 2.21. The molecule has 0 aliphatic heterocycles. The lowest BCUT2D eigenvalue weighted by molar-refractivity contribution is 0.546. The maximum absolute atomic E-state index is 13.7. The third-order valence-corrected chi connectivity index (χ3v) is 6.48. The lowest BCUT2D eigenvalue weighted by atomic mass is 10.1. The quantitative estimate of drug-likeness (QED) is 0.706. The van der Waals surface area contributed by atoms with E-state index in [9.17, 15) is 17.2 Å². The second-order valence-electron chi connectivity index (χ2n) is 5.74. The van der Waals surface area contributed by atoms with E-state index in [1.54, 1.807) is 6.92 Å². The Balaban J connectivity index is 1.84. The molecule has 8 heteroatoms. The number of thiazole rings is 1. The summed E-state index contributed by atoms with van der Waals surface area (Å²) in [6, 6.07) is 10.1. The van der Waals surface area contributed by atoms with Gasteiger partial charge in [0.1, 0.15) is 21.5 Å². The average Bonchev–Trinajstić information content (AvgIpc) is 2.96. The van der Waals surface area contributed by atoms with Gasteiger partial charge in [-0.25, -0.2) is 26.9 Å². The zero-order valence-corrected chi connectivity index (χ0v) is 15.7. The van der Waals surface area contributed by atoms with Gasteiger partial charge in [-0.15, -0.1) is 11.3 Å². The molecule has 0 spiro atoms. The molecular formula is C18H16F2N2O2S2. The molecule has 0 bridgehead atoms. The van der Waals surface area contributed by atoms with Gasteiger partial charge in [-0.2, -0.15) is 0 Å². The molecule has 136 valence electrons. The van der Waals surface area contributed by atoms with Crippen LogP contribution in [0.25, 0.3) is 10.6 Å². The minimum Gasteiger partial charge on any atom is -0.241 e. The summed E-state index contributed by atoms with van der Waals surface area (Å²) in [5.74, 6) is -1.82. The van der Waals surface area contributed by atoms with Crippen LogP contribution in [-0.4, -0.2) is 13.4 Å². The third kappa shape index (κ3) is 3.82. The fourth-order valence-corrected chi connectivity index (χ4v) is 4.71. The van der Waals surface area contributed by atoms with E-state index in [2.05, 4.69) is 9.71 Å². The number of hydrogen-bond acceptors (Lipinski definition) is 4. The van der Waals surface area contributed by atoms with Crippen molar-refractivity contribution >= 4 is 21.4 Å². The standard InChI is InChI=1S/C18H16F2N2O2S2/c1-11-5-3-4-6-14(11)18-22-12(2)16(25-18)10-21-26(23,24)17-9-13(19)7-8-15(17)20/h3-9,21H,10H2,1-2H3. The van der Waals surface area contributed by atoms with Gasteiger partial charge in [0.2, 0.25) is 10.0 Å². The fraction of sp³-hybridized carbons (Fsp3) is 0.167. The number of hydrogen-bond donors (Lipinski definition) is 1. The molecule has 2 aromatic carbocycles. The summed E-state index contributed by atoms with van der Waals surface area (Å²) in [5, 5.41) is 0.784. The molecule has 0 aliphatic carbocycles. The van der Waals surface area contributed by atoms with Gasteiger partial charge in [-0.1, -0.05) is 24.3 Å². The fourth-order valence-electron chi connectivity index (χ4n) is 2.44. The first-order valence-electron chi connectivity index (χ1n) is 7.75. The normalized spacial score (nSPS) is 11.7. The number of nitrogens with zero attached hydrogens (tertiary/aromatic N) is 1. The summed E-state index contributed by atoms with van der Waals surface area (Å²) in [6.07, 6.45) is 0. The summed E-state index contributed by atoms with van der Waals surface area (Å²) >= 11 is 1.36. The minimum atomic E-state index is -4.18. The molecule has 0 atom stereocenters. The molecule has 0 fully saturated rings. The summed E-state index contributed by atoms with van der Waals surface area (Å²) in [5.41, 5.74) is 2.73. The monoisotopic (exact) mass is 394 g/mol. The van der Waals surface area contributed by atoms with Crippen molar-refractivity contribution in [2.75, 3.05) is 0 Å². The van der Waals surface area contributed by atoms with E-state index < -0.39 is 26.6 Å². The van der Waals surface area contributed by atoms with Crippen LogP contribution in [0.1, 0.15) is 16.1 Å². The molecule has 0 amide bonds. The highest BCUT2D eigenvalue weighted by Crippen LogP contribution is 2.30. The largest absolute Gasteiger partial charge is 0.243 e. The van der Waals surface area contributed by atoms with Gasteiger partial charge in [0.05, 0.1) is 5.69 Å². The van der Waals surface area contributed by atoms with Crippen LogP contribution in [0.2, 0.25) is 0 Å². The van der Waals surface area contributed by atoms with E-state index in [4.69, 9.17) is 0 Å². The van der Waals surface area contributed by atoms with E-state index in [1.165, 1.54) is 11.3 Å². The SMILES string of the molecule is Cc1ccccc1-c1nc(C)c(CNS(=O)(=O)c2cc(F)ccc2F)s1. The van der Waals surface area contributed by atoms with Gasteiger partial charge in [0, 0.05) is 17.0 Å². The molecule has 3 aromatic rings. The van der Waals surface area contributed by atoms with Crippen molar-refractivity contribution in [1.82, 2.24) is 9.71 Å². The van der Waals surface area contributed by atoms with Crippen molar-refractivity contribution in [3.05, 3.63) is 70.2 Å². The highest BCUT2D eigenvalue weighted by molar-refractivity contribution is 7.89. The second-order valence-corrected chi connectivity index (χ2v) is 8.56. The summed E-state index contributed by atoms with van der Waals surface area (Å²) in [7, 11) is -4.18. The third-order valence-electron chi connectivity index (χ3n) is 3.87. The Morgan fingerprint density at radius 1 is 1.12 bits per heavy atom. The molecular weight excluding hydrogens is 378 g/mol. The maximum Gasteiger partial charge on any atom is 0.243 e. The number of halogens is 2. The second kappa shape index (κ2) is 7.22. The van der Waals surface area contributed by atoms with E-state index in [0.717, 1.165) is 28.3 Å². The molecule has 0 aliphatic rings. The first kappa shape index (κ1) is 18.6. The molecule has 1 heterocycles. The van der Waals surface area contributed by atoms with Gasteiger partial charge in [0.15, 0.2) is 0 Å². The smallest absolute Gasteiger partial charge is 0.241 e. The molecule has 4 nitrogen and oxygen atoms in total. The van der Waals surface area contributed by atoms with Crippen LogP contribution in [0.15, 0.2) is 47.4 Å². The summed E-state index contributed by atoms with van der Waals surface area (Å²) in [4.78, 5) is 4.50. The number of aryl methyl sites for hydroxylation is 2. The van der Waals surface area contributed by atoms with E-state index in [-0.39, 0.29) is 6.54 Å². The van der Waals surface area contributed by atoms with Crippen LogP contribution in [0.5, 0.6) is 0 Å². The molecule has 26 heavy (non-hydrogen) atoms. The van der Waals surface area contributed by atoms with Crippen LogP contribution in [0.4, 0.5) is 8.78 Å². The number of rotatable bonds is 5. The Bertz CT molecular complexity index is 1060. The maximum atomic E-state index is 13.7. The van der Waals surface area contributed by atoms with Crippen LogP contribution in [0, 0.1) is 25.5 Å². The van der Waals surface area contributed by atoms with E-state index >= 15 is 0 Å². The molecule has 1 N–H and O–H groups in total. The lowest BCUT2D eigenvalue weighted by Crippen LogP contribution is -2.24. The highest BCUT2D eigenvalue weighted by atomic mass is 32.2. The Hall–Kier alpha value is -2.16. The van der Waals surface area contributed by atoms with Gasteiger partial charge in [-0.05, 0) is 37.6 Å². The molecule has 0 radical (unpaired) electrons. The van der Waals surface area contributed by atoms with Gasteiger partial charge >= 0.3 is 0 Å². The first-order valence-corrected chi connectivity index (χ1v) is 10.0. The predicted octanol–water partition coefficient (Wildman–Crippen LogP) is 4.18. The topological polar surface area (TPSA) is 59.1 Å². The number of benzene rings is 2. The Labute approximate surface area is 154 Å². The minimum absolute atomic E-state index is 0.0479. The Morgan fingerprint density at radius 3 is 2.58 bits per heavy atom. The van der Waals surface area contributed by atoms with Gasteiger partial charge < -0.3 is 0 Å². The first-order chi connectivity index (χ1) is 12.3. The summed E-state index contributed by atoms with van der Waals surface area (Å²) in [6.45, 7) is 3.71. The molecule has 0 saturated heterocycles. The van der Waals surface area contributed by atoms with Crippen LogP contribution >= 0.6 is 11.3 Å². The van der Waals surface area contributed by atoms with Crippen LogP contribution in [0.3, 0.4) is 0 Å². The van der Waals surface area contributed by atoms with Crippen molar-refractivity contribution in [3.8, 4) is 10.6 Å². The lowest BCUT2D eigenvalue weighted by Gasteiger charge is -2.07. The van der Waals surface area contributed by atoms with E-state index in [0.29, 0.717) is 16.6 Å². The average molecular weight is 394 g/mol. The zero-order chi connectivity index (χ0) is 18.9. The molecule has 0 saturated carbocycles. The molecule has 1 aromatic heterocycles. The van der Waals surface area contributed by atoms with E-state index in [1.807, 2.05) is 31.2 Å². The van der Waals surface area contributed by atoms with Crippen molar-refractivity contribution in [3.63, 3.8) is 0 Å². The number of sulfonamides is 1. The molecule has 0 unspecified atom stereocenters. The van der Waals surface area contributed by atoms with Crippen LogP contribution in [-0.2, 0) is 16.6 Å². The Kier molecular flexibility index (Phi) is 5.17. The number of nitrogens with one attached hydrogen (secondary N) is 1. The van der Waals surface area contributed by atoms with Crippen molar-refractivity contribution in [2.45, 2.75) is 25.3 Å². The number of aromatic nitrogens is 1.